The molecule has 0 spiro atoms. The summed E-state index contributed by atoms with van der Waals surface area (Å²) in [5, 5.41) is 6.21. The zero-order valence-corrected chi connectivity index (χ0v) is 10.9. The van der Waals surface area contributed by atoms with E-state index in [-0.39, 0.29) is 11.9 Å². The molecular weight excluding hydrogens is 200 g/mol. The molecule has 1 amide bonds. The van der Waals surface area contributed by atoms with Gasteiger partial charge in [0.2, 0.25) is 5.91 Å². The molecule has 0 bridgehead atoms. The highest BCUT2D eigenvalue weighted by Gasteiger charge is 2.26. The smallest absolute Gasteiger partial charge is 0.237 e. The summed E-state index contributed by atoms with van der Waals surface area (Å²) in [6.07, 6.45) is 4.75. The molecule has 3 nitrogen and oxygen atoms in total. The average molecular weight is 226 g/mol. The third-order valence-electron chi connectivity index (χ3n) is 3.61. The van der Waals surface area contributed by atoms with Crippen molar-refractivity contribution >= 4 is 5.91 Å². The highest BCUT2D eigenvalue weighted by molar-refractivity contribution is 5.81. The molecule has 0 saturated carbocycles. The topological polar surface area (TPSA) is 41.1 Å². The van der Waals surface area contributed by atoms with Crippen LogP contribution in [0.15, 0.2) is 0 Å². The molecule has 94 valence electrons. The van der Waals surface area contributed by atoms with E-state index in [9.17, 15) is 4.79 Å². The van der Waals surface area contributed by atoms with Crippen LogP contribution in [0, 0.1) is 11.8 Å². The lowest BCUT2D eigenvalue weighted by Gasteiger charge is -2.30. The number of carbonyl (C=O) groups is 1. The zero-order valence-electron chi connectivity index (χ0n) is 10.9. The minimum atomic E-state index is 0.0442. The highest BCUT2D eigenvalue weighted by Crippen LogP contribution is 2.25. The fraction of sp³-hybridized carbons (Fsp3) is 0.923. The summed E-state index contributed by atoms with van der Waals surface area (Å²) < 4.78 is 0. The van der Waals surface area contributed by atoms with Crippen molar-refractivity contribution < 1.29 is 4.79 Å². The Morgan fingerprint density at radius 1 is 1.50 bits per heavy atom. The van der Waals surface area contributed by atoms with E-state index in [2.05, 4.69) is 24.5 Å². The van der Waals surface area contributed by atoms with Crippen LogP contribution in [0.4, 0.5) is 0 Å². The number of hydrogen-bond donors (Lipinski definition) is 2. The molecule has 16 heavy (non-hydrogen) atoms. The van der Waals surface area contributed by atoms with Gasteiger partial charge in [0.15, 0.2) is 0 Å². The molecule has 1 aliphatic heterocycles. The number of carbonyl (C=O) groups excluding carboxylic acids is 1. The van der Waals surface area contributed by atoms with Crippen LogP contribution in [0.5, 0.6) is 0 Å². The molecule has 0 aliphatic carbocycles. The Bertz CT molecular complexity index is 218. The molecule has 1 fully saturated rings. The first-order valence-electron chi connectivity index (χ1n) is 6.68. The maximum absolute atomic E-state index is 11.7. The molecule has 0 aromatic heterocycles. The molecule has 3 heteroatoms. The van der Waals surface area contributed by atoms with E-state index >= 15 is 0 Å². The summed E-state index contributed by atoms with van der Waals surface area (Å²) in [5.41, 5.74) is 0. The van der Waals surface area contributed by atoms with Gasteiger partial charge in [-0.1, -0.05) is 20.3 Å². The van der Waals surface area contributed by atoms with Gasteiger partial charge in [0.25, 0.3) is 0 Å². The Morgan fingerprint density at radius 3 is 2.88 bits per heavy atom. The van der Waals surface area contributed by atoms with E-state index in [4.69, 9.17) is 0 Å². The Balaban J connectivity index is 2.37. The molecule has 1 rings (SSSR count). The number of likely N-dealkylation sites (N-methyl/N-ethyl adjacent to an activating group) is 1. The summed E-state index contributed by atoms with van der Waals surface area (Å²) >= 11 is 0. The minimum absolute atomic E-state index is 0.0442. The molecule has 2 N–H and O–H groups in total. The van der Waals surface area contributed by atoms with E-state index in [0.29, 0.717) is 0 Å². The Kier molecular flexibility index (Phi) is 5.81. The quantitative estimate of drug-likeness (QED) is 0.752. The van der Waals surface area contributed by atoms with Crippen LogP contribution < -0.4 is 10.6 Å². The van der Waals surface area contributed by atoms with Gasteiger partial charge < -0.3 is 10.6 Å². The fourth-order valence-electron chi connectivity index (χ4n) is 2.44. The summed E-state index contributed by atoms with van der Waals surface area (Å²) in [7, 11) is 0. The van der Waals surface area contributed by atoms with Crippen molar-refractivity contribution in [1.29, 1.82) is 0 Å². The van der Waals surface area contributed by atoms with Crippen LogP contribution >= 0.6 is 0 Å². The second-order valence-corrected chi connectivity index (χ2v) is 5.04. The molecule has 1 aliphatic rings. The second kappa shape index (κ2) is 6.89. The van der Waals surface area contributed by atoms with E-state index in [1.807, 2.05) is 6.92 Å². The number of amides is 1. The van der Waals surface area contributed by atoms with Gasteiger partial charge in [-0.25, -0.2) is 0 Å². The van der Waals surface area contributed by atoms with Crippen molar-refractivity contribution in [3.63, 3.8) is 0 Å². The van der Waals surface area contributed by atoms with Crippen LogP contribution in [-0.4, -0.2) is 25.0 Å². The molecule has 0 aromatic carbocycles. The SMILES string of the molecule is CCNC(=O)C1CC(CC(C)CC)CCN1. The first-order valence-corrected chi connectivity index (χ1v) is 6.68. The van der Waals surface area contributed by atoms with Gasteiger partial charge in [-0.15, -0.1) is 0 Å². The normalized spacial score (nSPS) is 27.4. The molecule has 0 aromatic rings. The minimum Gasteiger partial charge on any atom is -0.355 e. The van der Waals surface area contributed by atoms with Crippen LogP contribution in [0.25, 0.3) is 0 Å². The Labute approximate surface area is 99.4 Å². The molecule has 3 atom stereocenters. The van der Waals surface area contributed by atoms with Gasteiger partial charge >= 0.3 is 0 Å². The predicted molar refractivity (Wildman–Crippen MR) is 67.3 cm³/mol. The summed E-state index contributed by atoms with van der Waals surface area (Å²) in [6.45, 7) is 8.24. The standard InChI is InChI=1S/C13H26N2O/c1-4-10(3)8-11-6-7-15-12(9-11)13(16)14-5-2/h10-12,15H,4-9H2,1-3H3,(H,14,16). The summed E-state index contributed by atoms with van der Waals surface area (Å²) in [6, 6.07) is 0.0442. The number of hydrogen-bond acceptors (Lipinski definition) is 2. The van der Waals surface area contributed by atoms with Crippen LogP contribution in [0.1, 0.15) is 46.5 Å². The van der Waals surface area contributed by atoms with Gasteiger partial charge in [0.05, 0.1) is 6.04 Å². The predicted octanol–water partition coefficient (Wildman–Crippen LogP) is 1.93. The summed E-state index contributed by atoms with van der Waals surface area (Å²) in [5.74, 6) is 1.69. The lowest BCUT2D eigenvalue weighted by molar-refractivity contribution is -0.124. The molecule has 1 saturated heterocycles. The molecule has 0 radical (unpaired) electrons. The molecule has 3 unspecified atom stereocenters. The van der Waals surface area contributed by atoms with Crippen molar-refractivity contribution in [3.05, 3.63) is 0 Å². The monoisotopic (exact) mass is 226 g/mol. The second-order valence-electron chi connectivity index (χ2n) is 5.04. The van der Waals surface area contributed by atoms with Crippen molar-refractivity contribution in [3.8, 4) is 0 Å². The van der Waals surface area contributed by atoms with Crippen molar-refractivity contribution in [2.24, 2.45) is 11.8 Å². The van der Waals surface area contributed by atoms with Gasteiger partial charge in [-0.05, 0) is 44.6 Å². The van der Waals surface area contributed by atoms with Gasteiger partial charge in [-0.2, -0.15) is 0 Å². The van der Waals surface area contributed by atoms with E-state index in [1.54, 1.807) is 0 Å². The average Bonchev–Trinajstić information content (AvgIpc) is 2.29. The fourth-order valence-corrected chi connectivity index (χ4v) is 2.44. The van der Waals surface area contributed by atoms with Crippen LogP contribution in [0.2, 0.25) is 0 Å². The zero-order chi connectivity index (χ0) is 12.0. The van der Waals surface area contributed by atoms with E-state index in [0.717, 1.165) is 31.3 Å². The van der Waals surface area contributed by atoms with Gasteiger partial charge in [0.1, 0.15) is 0 Å². The Hall–Kier alpha value is -0.570. The van der Waals surface area contributed by atoms with E-state index < -0.39 is 0 Å². The Morgan fingerprint density at radius 2 is 2.25 bits per heavy atom. The summed E-state index contributed by atoms with van der Waals surface area (Å²) in [4.78, 5) is 11.7. The largest absolute Gasteiger partial charge is 0.355 e. The number of piperidine rings is 1. The first kappa shape index (κ1) is 13.5. The lowest BCUT2D eigenvalue weighted by Crippen LogP contribution is -2.48. The third kappa shape index (κ3) is 4.12. The van der Waals surface area contributed by atoms with Crippen LogP contribution in [0.3, 0.4) is 0 Å². The van der Waals surface area contributed by atoms with Crippen LogP contribution in [-0.2, 0) is 4.79 Å². The van der Waals surface area contributed by atoms with Crippen molar-refractivity contribution in [2.45, 2.75) is 52.5 Å². The highest BCUT2D eigenvalue weighted by atomic mass is 16.2. The maximum Gasteiger partial charge on any atom is 0.237 e. The maximum atomic E-state index is 11.7. The first-order chi connectivity index (χ1) is 7.67. The third-order valence-corrected chi connectivity index (χ3v) is 3.61. The number of nitrogens with one attached hydrogen (secondary N) is 2. The molecular formula is C13H26N2O. The van der Waals surface area contributed by atoms with E-state index in [1.165, 1.54) is 19.3 Å². The van der Waals surface area contributed by atoms with Crippen molar-refractivity contribution in [1.82, 2.24) is 10.6 Å². The molecule has 1 heterocycles. The van der Waals surface area contributed by atoms with Gasteiger partial charge in [0, 0.05) is 6.54 Å². The van der Waals surface area contributed by atoms with Crippen molar-refractivity contribution in [2.75, 3.05) is 13.1 Å². The van der Waals surface area contributed by atoms with Gasteiger partial charge in [-0.3, -0.25) is 4.79 Å². The lowest BCUT2D eigenvalue weighted by atomic mass is 9.84. The number of rotatable bonds is 5.